The van der Waals surface area contributed by atoms with E-state index in [0.717, 1.165) is 23.7 Å². The Morgan fingerprint density at radius 3 is 2.36 bits per heavy atom. The highest BCUT2D eigenvalue weighted by atomic mass is 16.5. The van der Waals surface area contributed by atoms with Gasteiger partial charge in [0, 0.05) is 17.6 Å². The van der Waals surface area contributed by atoms with Crippen LogP contribution in [0.1, 0.15) is 0 Å². The molecule has 22 heavy (non-hydrogen) atoms. The molecule has 3 rings (SSSR count). The molecule has 0 aliphatic rings. The van der Waals surface area contributed by atoms with E-state index < -0.39 is 0 Å². The van der Waals surface area contributed by atoms with Crippen LogP contribution < -0.4 is 14.8 Å². The van der Waals surface area contributed by atoms with Crippen LogP contribution in [0.2, 0.25) is 0 Å². The second kappa shape index (κ2) is 6.85. The predicted octanol–water partition coefficient (Wildman–Crippen LogP) is 4.34. The molecule has 1 N–H and O–H groups in total. The van der Waals surface area contributed by atoms with Crippen molar-refractivity contribution in [2.75, 3.05) is 25.6 Å². The molecule has 0 radical (unpaired) electrons. The molecule has 0 aromatic heterocycles. The van der Waals surface area contributed by atoms with Crippen molar-refractivity contribution < 1.29 is 9.47 Å². The molecule has 0 unspecified atom stereocenters. The Labute approximate surface area is 130 Å². The highest BCUT2D eigenvalue weighted by molar-refractivity contribution is 5.93. The van der Waals surface area contributed by atoms with E-state index in [1.54, 1.807) is 7.11 Å². The van der Waals surface area contributed by atoms with Gasteiger partial charge in [0.2, 0.25) is 0 Å². The first kappa shape index (κ1) is 14.3. The monoisotopic (exact) mass is 293 g/mol. The molecule has 3 heteroatoms. The third-order valence-corrected chi connectivity index (χ3v) is 3.54. The Bertz CT molecular complexity index is 733. The maximum atomic E-state index is 5.72. The summed E-state index contributed by atoms with van der Waals surface area (Å²) < 4.78 is 10.8. The summed E-state index contributed by atoms with van der Waals surface area (Å²) >= 11 is 0. The highest BCUT2D eigenvalue weighted by Gasteiger charge is 1.99. The molecule has 112 valence electrons. The maximum absolute atomic E-state index is 5.72. The number of rotatable bonds is 6. The van der Waals surface area contributed by atoms with Crippen molar-refractivity contribution in [3.05, 3.63) is 66.7 Å². The largest absolute Gasteiger partial charge is 0.497 e. The summed E-state index contributed by atoms with van der Waals surface area (Å²) in [6, 6.07) is 22.3. The first-order chi connectivity index (χ1) is 10.9. The molecular formula is C19H19NO2. The molecule has 3 aromatic rings. The van der Waals surface area contributed by atoms with E-state index >= 15 is 0 Å². The third-order valence-electron chi connectivity index (χ3n) is 3.54. The third kappa shape index (κ3) is 3.31. The van der Waals surface area contributed by atoms with Gasteiger partial charge in [0.05, 0.1) is 7.11 Å². The molecule has 0 aliphatic carbocycles. The summed E-state index contributed by atoms with van der Waals surface area (Å²) in [5.41, 5.74) is 1.14. The van der Waals surface area contributed by atoms with Crippen LogP contribution in [0.5, 0.6) is 11.5 Å². The van der Waals surface area contributed by atoms with Crippen LogP contribution in [-0.2, 0) is 0 Å². The van der Waals surface area contributed by atoms with Crippen molar-refractivity contribution in [2.24, 2.45) is 0 Å². The van der Waals surface area contributed by atoms with Gasteiger partial charge in [0.25, 0.3) is 0 Å². The molecule has 0 amide bonds. The van der Waals surface area contributed by atoms with Gasteiger partial charge in [-0.1, -0.05) is 36.4 Å². The van der Waals surface area contributed by atoms with E-state index in [1.165, 1.54) is 10.8 Å². The van der Waals surface area contributed by atoms with Crippen molar-refractivity contribution in [3.8, 4) is 11.5 Å². The quantitative estimate of drug-likeness (QED) is 0.686. The lowest BCUT2D eigenvalue weighted by Gasteiger charge is -2.11. The van der Waals surface area contributed by atoms with Gasteiger partial charge in [-0.3, -0.25) is 0 Å². The number of ether oxygens (including phenoxy) is 2. The Hall–Kier alpha value is -2.68. The van der Waals surface area contributed by atoms with Crippen LogP contribution in [0, 0.1) is 0 Å². The van der Waals surface area contributed by atoms with Crippen LogP contribution in [0.3, 0.4) is 0 Å². The summed E-state index contributed by atoms with van der Waals surface area (Å²) in [7, 11) is 1.66. The number of fused-ring (bicyclic) bond motifs is 1. The first-order valence-electron chi connectivity index (χ1n) is 7.35. The Morgan fingerprint density at radius 2 is 1.55 bits per heavy atom. The van der Waals surface area contributed by atoms with E-state index in [9.17, 15) is 0 Å². The minimum Gasteiger partial charge on any atom is -0.497 e. The van der Waals surface area contributed by atoms with Crippen LogP contribution in [-0.4, -0.2) is 20.3 Å². The summed E-state index contributed by atoms with van der Waals surface area (Å²) in [6.07, 6.45) is 0. The van der Waals surface area contributed by atoms with Crippen molar-refractivity contribution in [3.63, 3.8) is 0 Å². The molecule has 0 saturated carbocycles. The second-order valence-electron chi connectivity index (χ2n) is 4.98. The van der Waals surface area contributed by atoms with Crippen LogP contribution in [0.4, 0.5) is 5.69 Å². The molecule has 0 saturated heterocycles. The number of benzene rings is 3. The topological polar surface area (TPSA) is 30.5 Å². The SMILES string of the molecule is COc1ccc(OCCNc2cccc3ccccc23)cc1. The van der Waals surface area contributed by atoms with Crippen LogP contribution >= 0.6 is 0 Å². The van der Waals surface area contributed by atoms with Gasteiger partial charge >= 0.3 is 0 Å². The van der Waals surface area contributed by atoms with Gasteiger partial charge in [-0.05, 0) is 35.7 Å². The lowest BCUT2D eigenvalue weighted by Crippen LogP contribution is -2.11. The second-order valence-corrected chi connectivity index (χ2v) is 4.98. The normalized spacial score (nSPS) is 10.4. The Morgan fingerprint density at radius 1 is 0.818 bits per heavy atom. The van der Waals surface area contributed by atoms with Gasteiger partial charge in [-0.15, -0.1) is 0 Å². The van der Waals surface area contributed by atoms with Gasteiger partial charge < -0.3 is 14.8 Å². The average Bonchev–Trinajstić information content (AvgIpc) is 2.59. The summed E-state index contributed by atoms with van der Waals surface area (Å²) in [4.78, 5) is 0. The van der Waals surface area contributed by atoms with E-state index in [2.05, 4.69) is 47.8 Å². The number of methoxy groups -OCH3 is 1. The van der Waals surface area contributed by atoms with Crippen molar-refractivity contribution >= 4 is 16.5 Å². The van der Waals surface area contributed by atoms with E-state index in [1.807, 2.05) is 24.3 Å². The summed E-state index contributed by atoms with van der Waals surface area (Å²) in [5, 5.41) is 5.90. The van der Waals surface area contributed by atoms with Crippen molar-refractivity contribution in [2.45, 2.75) is 0 Å². The van der Waals surface area contributed by atoms with Gasteiger partial charge in [-0.2, -0.15) is 0 Å². The molecule has 3 aromatic carbocycles. The van der Waals surface area contributed by atoms with E-state index in [4.69, 9.17) is 9.47 Å². The zero-order chi connectivity index (χ0) is 15.2. The van der Waals surface area contributed by atoms with E-state index in [-0.39, 0.29) is 0 Å². The maximum Gasteiger partial charge on any atom is 0.119 e. The van der Waals surface area contributed by atoms with Crippen LogP contribution in [0.15, 0.2) is 66.7 Å². The fourth-order valence-electron chi connectivity index (χ4n) is 2.41. The molecule has 0 aliphatic heterocycles. The number of nitrogens with one attached hydrogen (secondary N) is 1. The Balaban J connectivity index is 1.56. The van der Waals surface area contributed by atoms with Crippen LogP contribution in [0.25, 0.3) is 10.8 Å². The standard InChI is InChI=1S/C19H19NO2/c1-21-16-9-11-17(12-10-16)22-14-13-20-19-8-4-6-15-5-2-3-7-18(15)19/h2-12,20H,13-14H2,1H3. The fraction of sp³-hybridized carbons (Fsp3) is 0.158. The Kier molecular flexibility index (Phi) is 4.44. The number of hydrogen-bond donors (Lipinski definition) is 1. The minimum atomic E-state index is 0.607. The smallest absolute Gasteiger partial charge is 0.119 e. The average molecular weight is 293 g/mol. The molecular weight excluding hydrogens is 274 g/mol. The minimum absolute atomic E-state index is 0.607. The van der Waals surface area contributed by atoms with Gasteiger partial charge in [-0.25, -0.2) is 0 Å². The lowest BCUT2D eigenvalue weighted by atomic mass is 10.1. The first-order valence-corrected chi connectivity index (χ1v) is 7.35. The van der Waals surface area contributed by atoms with Crippen molar-refractivity contribution in [1.29, 1.82) is 0 Å². The number of anilines is 1. The lowest BCUT2D eigenvalue weighted by molar-refractivity contribution is 0.332. The molecule has 0 atom stereocenters. The summed E-state index contributed by atoms with van der Waals surface area (Å²) in [6.45, 7) is 1.36. The van der Waals surface area contributed by atoms with E-state index in [0.29, 0.717) is 6.61 Å². The zero-order valence-corrected chi connectivity index (χ0v) is 12.6. The fourth-order valence-corrected chi connectivity index (χ4v) is 2.41. The predicted molar refractivity (Wildman–Crippen MR) is 90.9 cm³/mol. The summed E-state index contributed by atoms with van der Waals surface area (Å²) in [5.74, 6) is 1.68. The zero-order valence-electron chi connectivity index (χ0n) is 12.6. The highest BCUT2D eigenvalue weighted by Crippen LogP contribution is 2.22. The van der Waals surface area contributed by atoms with Gasteiger partial charge in [0.15, 0.2) is 0 Å². The molecule has 0 fully saturated rings. The molecule has 0 spiro atoms. The van der Waals surface area contributed by atoms with Crippen molar-refractivity contribution in [1.82, 2.24) is 0 Å². The molecule has 3 nitrogen and oxygen atoms in total. The molecule has 0 bridgehead atoms. The molecule has 0 heterocycles. The number of hydrogen-bond acceptors (Lipinski definition) is 3. The van der Waals surface area contributed by atoms with Gasteiger partial charge in [0.1, 0.15) is 18.1 Å².